The van der Waals surface area contributed by atoms with Gasteiger partial charge >= 0.3 is 5.97 Å². The molecule has 0 aliphatic rings. The number of carboxylic acids is 1. The van der Waals surface area contributed by atoms with Crippen LogP contribution in [-0.4, -0.2) is 46.4 Å². The Morgan fingerprint density at radius 3 is 2.70 bits per heavy atom. The fourth-order valence-electron chi connectivity index (χ4n) is 1.49. The molecule has 112 valence electrons. The molecule has 0 fully saturated rings. The third kappa shape index (κ3) is 7.49. The highest BCUT2D eigenvalue weighted by atomic mass is 32.2. The quantitative estimate of drug-likeness (QED) is 0.560. The van der Waals surface area contributed by atoms with Gasteiger partial charge in [0.2, 0.25) is 0 Å². The van der Waals surface area contributed by atoms with Crippen molar-refractivity contribution in [2.24, 2.45) is 5.73 Å². The van der Waals surface area contributed by atoms with Gasteiger partial charge in [0.15, 0.2) is 0 Å². The molecule has 6 heteroatoms. The zero-order chi connectivity index (χ0) is 14.8. The molecule has 0 aliphatic carbocycles. The Morgan fingerprint density at radius 2 is 2.05 bits per heavy atom. The summed E-state index contributed by atoms with van der Waals surface area (Å²) in [6.07, 6.45) is -0.151. The van der Waals surface area contributed by atoms with E-state index in [0.29, 0.717) is 24.5 Å². The van der Waals surface area contributed by atoms with Gasteiger partial charge in [0.25, 0.3) is 0 Å². The lowest BCUT2D eigenvalue weighted by atomic mass is 10.2. The summed E-state index contributed by atoms with van der Waals surface area (Å²) in [6, 6.07) is 8.93. The molecule has 1 rings (SSSR count). The SMILES string of the molecule is NC(CCSCC(O)COCc1ccccc1)C(=O)O. The maximum absolute atomic E-state index is 10.5. The predicted octanol–water partition coefficient (Wildman–Crippen LogP) is 1.10. The van der Waals surface area contributed by atoms with E-state index in [9.17, 15) is 9.90 Å². The maximum Gasteiger partial charge on any atom is 0.320 e. The second kappa shape index (κ2) is 9.77. The normalized spacial score (nSPS) is 13.9. The number of carbonyl (C=O) groups is 1. The van der Waals surface area contributed by atoms with Crippen molar-refractivity contribution >= 4 is 17.7 Å². The maximum atomic E-state index is 10.5. The molecule has 5 nitrogen and oxygen atoms in total. The summed E-state index contributed by atoms with van der Waals surface area (Å²) in [4.78, 5) is 10.5. The molecule has 0 amide bonds. The van der Waals surface area contributed by atoms with E-state index in [-0.39, 0.29) is 6.61 Å². The van der Waals surface area contributed by atoms with Gasteiger partial charge in [-0.25, -0.2) is 0 Å². The Labute approximate surface area is 123 Å². The van der Waals surface area contributed by atoms with Gasteiger partial charge < -0.3 is 20.7 Å². The average molecular weight is 299 g/mol. The first-order chi connectivity index (χ1) is 9.59. The van der Waals surface area contributed by atoms with Gasteiger partial charge in [-0.05, 0) is 17.7 Å². The van der Waals surface area contributed by atoms with Crippen LogP contribution in [-0.2, 0) is 16.1 Å². The lowest BCUT2D eigenvalue weighted by molar-refractivity contribution is -0.138. The Morgan fingerprint density at radius 1 is 1.35 bits per heavy atom. The molecule has 1 aromatic rings. The molecular formula is C14H21NO4S. The third-order valence-electron chi connectivity index (χ3n) is 2.62. The van der Waals surface area contributed by atoms with Gasteiger partial charge in [0.1, 0.15) is 6.04 Å². The molecule has 0 heterocycles. The van der Waals surface area contributed by atoms with Crippen LogP contribution in [0.15, 0.2) is 30.3 Å². The molecule has 4 N–H and O–H groups in total. The minimum absolute atomic E-state index is 0.271. The number of hydrogen-bond acceptors (Lipinski definition) is 5. The lowest BCUT2D eigenvalue weighted by Gasteiger charge is -2.11. The Hall–Kier alpha value is -1.08. The van der Waals surface area contributed by atoms with Crippen LogP contribution in [0, 0.1) is 0 Å². The molecule has 0 spiro atoms. The molecule has 0 aliphatic heterocycles. The number of benzene rings is 1. The van der Waals surface area contributed by atoms with E-state index in [2.05, 4.69) is 0 Å². The number of aliphatic hydroxyl groups is 1. The summed E-state index contributed by atoms with van der Waals surface area (Å²) >= 11 is 1.48. The van der Waals surface area contributed by atoms with Crippen LogP contribution in [0.2, 0.25) is 0 Å². The predicted molar refractivity (Wildman–Crippen MR) is 79.7 cm³/mol. The Kier molecular flexibility index (Phi) is 8.29. The molecule has 0 saturated heterocycles. The van der Waals surface area contributed by atoms with Crippen molar-refractivity contribution in [3.05, 3.63) is 35.9 Å². The number of rotatable bonds is 10. The van der Waals surface area contributed by atoms with Crippen LogP contribution in [0.3, 0.4) is 0 Å². The van der Waals surface area contributed by atoms with Gasteiger partial charge in [-0.2, -0.15) is 11.8 Å². The zero-order valence-electron chi connectivity index (χ0n) is 11.3. The highest BCUT2D eigenvalue weighted by molar-refractivity contribution is 7.99. The molecule has 2 atom stereocenters. The van der Waals surface area contributed by atoms with Gasteiger partial charge in [0, 0.05) is 5.75 Å². The van der Waals surface area contributed by atoms with Gasteiger partial charge in [-0.3, -0.25) is 4.79 Å². The minimum Gasteiger partial charge on any atom is -0.480 e. The lowest BCUT2D eigenvalue weighted by Crippen LogP contribution is -2.30. The van der Waals surface area contributed by atoms with E-state index in [1.807, 2.05) is 30.3 Å². The summed E-state index contributed by atoms with van der Waals surface area (Å²) in [6.45, 7) is 0.749. The first-order valence-corrected chi connectivity index (χ1v) is 7.61. The fourth-order valence-corrected chi connectivity index (χ4v) is 2.44. The van der Waals surface area contributed by atoms with E-state index in [1.165, 1.54) is 11.8 Å². The monoisotopic (exact) mass is 299 g/mol. The van der Waals surface area contributed by atoms with Crippen molar-refractivity contribution < 1.29 is 19.7 Å². The third-order valence-corrected chi connectivity index (χ3v) is 3.77. The van der Waals surface area contributed by atoms with Crippen LogP contribution in [0.5, 0.6) is 0 Å². The van der Waals surface area contributed by atoms with E-state index < -0.39 is 18.1 Å². The summed E-state index contributed by atoms with van der Waals surface area (Å²) < 4.78 is 5.42. The number of hydrogen-bond donors (Lipinski definition) is 3. The second-order valence-electron chi connectivity index (χ2n) is 4.46. The first kappa shape index (κ1) is 17.0. The summed E-state index contributed by atoms with van der Waals surface area (Å²) in [5.41, 5.74) is 6.45. The van der Waals surface area contributed by atoms with Crippen LogP contribution >= 0.6 is 11.8 Å². The fraction of sp³-hybridized carbons (Fsp3) is 0.500. The van der Waals surface area contributed by atoms with Crippen LogP contribution in [0.1, 0.15) is 12.0 Å². The van der Waals surface area contributed by atoms with Gasteiger partial charge in [0.05, 0.1) is 19.3 Å². The minimum atomic E-state index is -0.989. The highest BCUT2D eigenvalue weighted by Crippen LogP contribution is 2.08. The van der Waals surface area contributed by atoms with Crippen molar-refractivity contribution in [1.82, 2.24) is 0 Å². The highest BCUT2D eigenvalue weighted by Gasteiger charge is 2.11. The molecular weight excluding hydrogens is 278 g/mol. The Balaban J connectivity index is 2.03. The van der Waals surface area contributed by atoms with E-state index >= 15 is 0 Å². The van der Waals surface area contributed by atoms with Crippen molar-refractivity contribution in [3.63, 3.8) is 0 Å². The molecule has 20 heavy (non-hydrogen) atoms. The number of aliphatic carboxylic acids is 1. The first-order valence-electron chi connectivity index (χ1n) is 6.45. The summed E-state index contributed by atoms with van der Waals surface area (Å²) in [5, 5.41) is 18.3. The number of thioether (sulfide) groups is 1. The zero-order valence-corrected chi connectivity index (χ0v) is 12.1. The summed E-state index contributed by atoms with van der Waals surface area (Å²) in [7, 11) is 0. The number of carboxylic acid groups (broad SMARTS) is 1. The van der Waals surface area contributed by atoms with Gasteiger partial charge in [-0.15, -0.1) is 0 Å². The van der Waals surface area contributed by atoms with Crippen molar-refractivity contribution in [2.45, 2.75) is 25.2 Å². The molecule has 0 aromatic heterocycles. The van der Waals surface area contributed by atoms with Crippen LogP contribution in [0.25, 0.3) is 0 Å². The largest absolute Gasteiger partial charge is 0.480 e. The van der Waals surface area contributed by atoms with Crippen LogP contribution in [0.4, 0.5) is 0 Å². The van der Waals surface area contributed by atoms with E-state index in [0.717, 1.165) is 5.56 Å². The molecule has 1 aromatic carbocycles. The van der Waals surface area contributed by atoms with Crippen molar-refractivity contribution in [1.29, 1.82) is 0 Å². The average Bonchev–Trinajstić information content (AvgIpc) is 2.44. The molecule has 0 bridgehead atoms. The van der Waals surface area contributed by atoms with Crippen molar-refractivity contribution in [2.75, 3.05) is 18.1 Å². The van der Waals surface area contributed by atoms with E-state index in [4.69, 9.17) is 15.6 Å². The van der Waals surface area contributed by atoms with E-state index in [1.54, 1.807) is 0 Å². The molecule has 2 unspecified atom stereocenters. The number of nitrogens with two attached hydrogens (primary N) is 1. The van der Waals surface area contributed by atoms with Crippen molar-refractivity contribution in [3.8, 4) is 0 Å². The Bertz CT molecular complexity index is 388. The molecule has 0 saturated carbocycles. The summed E-state index contributed by atoms with van der Waals surface area (Å²) in [5.74, 6) is 0.141. The van der Waals surface area contributed by atoms with Crippen LogP contribution < -0.4 is 5.73 Å². The molecule has 0 radical (unpaired) electrons. The topological polar surface area (TPSA) is 92.8 Å². The smallest absolute Gasteiger partial charge is 0.320 e. The standard InChI is InChI=1S/C14H21NO4S/c15-13(14(17)18)6-7-20-10-12(16)9-19-8-11-4-2-1-3-5-11/h1-5,12-13,16H,6-10,15H2,(H,17,18). The second-order valence-corrected chi connectivity index (χ2v) is 5.61. The number of ether oxygens (including phenoxy) is 1. The number of aliphatic hydroxyl groups excluding tert-OH is 1. The van der Waals surface area contributed by atoms with Gasteiger partial charge in [-0.1, -0.05) is 30.3 Å².